The van der Waals surface area contributed by atoms with E-state index in [1.165, 1.54) is 14.2 Å². The van der Waals surface area contributed by atoms with Crippen molar-refractivity contribution < 1.29 is 23.4 Å². The van der Waals surface area contributed by atoms with Gasteiger partial charge in [0.05, 0.1) is 14.2 Å². The van der Waals surface area contributed by atoms with Gasteiger partial charge < -0.3 is 14.6 Å². The molecule has 0 spiro atoms. The number of methoxy groups -OCH3 is 2. The Morgan fingerprint density at radius 1 is 1.12 bits per heavy atom. The Kier molecular flexibility index (Phi) is 4.49. The summed E-state index contributed by atoms with van der Waals surface area (Å²) in [5.41, 5.74) is 0.302. The van der Waals surface area contributed by atoms with E-state index in [1.54, 1.807) is 0 Å². The topological polar surface area (TPSA) is 38.7 Å². The van der Waals surface area contributed by atoms with Crippen molar-refractivity contribution in [2.45, 2.75) is 12.8 Å². The van der Waals surface area contributed by atoms with Crippen molar-refractivity contribution in [2.24, 2.45) is 0 Å². The van der Waals surface area contributed by atoms with Crippen molar-refractivity contribution in [3.8, 4) is 11.5 Å². The van der Waals surface area contributed by atoms with Gasteiger partial charge in [-0.3, -0.25) is 0 Å². The molecule has 0 aliphatic heterocycles. The fourth-order valence-corrected chi connectivity index (χ4v) is 1.56. The monoisotopic (exact) mass is 232 g/mol. The molecule has 0 saturated carbocycles. The van der Waals surface area contributed by atoms with Gasteiger partial charge in [-0.1, -0.05) is 0 Å². The molecule has 5 heteroatoms. The van der Waals surface area contributed by atoms with Crippen LogP contribution in [-0.4, -0.2) is 25.9 Å². The van der Waals surface area contributed by atoms with E-state index in [0.29, 0.717) is 12.0 Å². The van der Waals surface area contributed by atoms with Gasteiger partial charge in [-0.25, -0.2) is 8.78 Å². The maximum atomic E-state index is 13.4. The third kappa shape index (κ3) is 2.41. The van der Waals surface area contributed by atoms with Gasteiger partial charge in [0.15, 0.2) is 23.1 Å². The number of hydrogen-bond donors (Lipinski definition) is 1. The fourth-order valence-electron chi connectivity index (χ4n) is 1.56. The van der Waals surface area contributed by atoms with Gasteiger partial charge in [-0.2, -0.15) is 0 Å². The Morgan fingerprint density at radius 2 is 1.62 bits per heavy atom. The predicted molar refractivity (Wildman–Crippen MR) is 54.9 cm³/mol. The SMILES string of the molecule is COc1c(F)cc(F)c(OC)c1CCCO. The molecule has 1 rings (SSSR count). The molecule has 3 nitrogen and oxygen atoms in total. The predicted octanol–water partition coefficient (Wildman–Crippen LogP) is 1.91. The fraction of sp³-hybridized carbons (Fsp3) is 0.455. The lowest BCUT2D eigenvalue weighted by Crippen LogP contribution is -2.03. The van der Waals surface area contributed by atoms with Gasteiger partial charge >= 0.3 is 0 Å². The average Bonchev–Trinajstić information content (AvgIpc) is 2.26. The number of halogens is 2. The van der Waals surface area contributed by atoms with E-state index >= 15 is 0 Å². The first-order valence-electron chi connectivity index (χ1n) is 4.85. The first-order chi connectivity index (χ1) is 7.65. The van der Waals surface area contributed by atoms with Gasteiger partial charge in [0, 0.05) is 18.2 Å². The number of rotatable bonds is 5. The zero-order valence-corrected chi connectivity index (χ0v) is 9.22. The second-order valence-electron chi connectivity index (χ2n) is 3.21. The first kappa shape index (κ1) is 12.7. The highest BCUT2D eigenvalue weighted by Gasteiger charge is 2.19. The molecule has 0 aliphatic carbocycles. The largest absolute Gasteiger partial charge is 0.493 e. The minimum atomic E-state index is -0.770. The van der Waals surface area contributed by atoms with E-state index in [2.05, 4.69) is 0 Å². The summed E-state index contributed by atoms with van der Waals surface area (Å²) >= 11 is 0. The molecule has 0 bridgehead atoms. The highest BCUT2D eigenvalue weighted by atomic mass is 19.1. The lowest BCUT2D eigenvalue weighted by Gasteiger charge is -2.14. The molecule has 0 aliphatic rings. The van der Waals surface area contributed by atoms with Gasteiger partial charge in [0.2, 0.25) is 0 Å². The third-order valence-corrected chi connectivity index (χ3v) is 2.23. The molecule has 0 atom stereocenters. The molecule has 16 heavy (non-hydrogen) atoms. The maximum absolute atomic E-state index is 13.4. The molecule has 0 aromatic heterocycles. The van der Waals surface area contributed by atoms with E-state index < -0.39 is 11.6 Å². The number of ether oxygens (including phenoxy) is 2. The van der Waals surface area contributed by atoms with E-state index in [-0.39, 0.29) is 24.5 Å². The Morgan fingerprint density at radius 3 is 2.00 bits per heavy atom. The van der Waals surface area contributed by atoms with Gasteiger partial charge in [0.25, 0.3) is 0 Å². The van der Waals surface area contributed by atoms with E-state index in [0.717, 1.165) is 6.07 Å². The second-order valence-corrected chi connectivity index (χ2v) is 3.21. The van der Waals surface area contributed by atoms with Crippen LogP contribution < -0.4 is 9.47 Å². The van der Waals surface area contributed by atoms with Crippen molar-refractivity contribution >= 4 is 0 Å². The van der Waals surface area contributed by atoms with Crippen LogP contribution in [-0.2, 0) is 6.42 Å². The molecule has 1 N–H and O–H groups in total. The molecule has 0 saturated heterocycles. The molecular weight excluding hydrogens is 218 g/mol. The second kappa shape index (κ2) is 5.65. The summed E-state index contributed by atoms with van der Waals surface area (Å²) in [6.45, 7) is -0.0650. The molecule has 90 valence electrons. The van der Waals surface area contributed by atoms with Gasteiger partial charge in [-0.05, 0) is 12.8 Å². The van der Waals surface area contributed by atoms with Crippen molar-refractivity contribution in [1.82, 2.24) is 0 Å². The molecule has 1 aromatic rings. The average molecular weight is 232 g/mol. The van der Waals surface area contributed by atoms with E-state index in [9.17, 15) is 8.78 Å². The maximum Gasteiger partial charge on any atom is 0.168 e. The van der Waals surface area contributed by atoms with Crippen LogP contribution in [0.1, 0.15) is 12.0 Å². The molecule has 0 amide bonds. The van der Waals surface area contributed by atoms with E-state index in [4.69, 9.17) is 14.6 Å². The van der Waals surface area contributed by atoms with Gasteiger partial charge in [-0.15, -0.1) is 0 Å². The summed E-state index contributed by atoms with van der Waals surface area (Å²) in [5, 5.41) is 8.72. The zero-order chi connectivity index (χ0) is 12.1. The van der Waals surface area contributed by atoms with Crippen LogP contribution >= 0.6 is 0 Å². The molecule has 0 fully saturated rings. The normalized spacial score (nSPS) is 10.3. The summed E-state index contributed by atoms with van der Waals surface area (Å²) in [4.78, 5) is 0. The van der Waals surface area contributed by atoms with Crippen LogP contribution in [0.25, 0.3) is 0 Å². The number of aliphatic hydroxyl groups excluding tert-OH is 1. The zero-order valence-electron chi connectivity index (χ0n) is 9.22. The molecule has 0 heterocycles. The summed E-state index contributed by atoms with van der Waals surface area (Å²) in [5.74, 6) is -1.61. The quantitative estimate of drug-likeness (QED) is 0.842. The lowest BCUT2D eigenvalue weighted by atomic mass is 10.1. The van der Waals surface area contributed by atoms with Gasteiger partial charge in [0.1, 0.15) is 0 Å². The molecule has 0 radical (unpaired) electrons. The van der Waals surface area contributed by atoms with Crippen LogP contribution in [0.2, 0.25) is 0 Å². The minimum Gasteiger partial charge on any atom is -0.493 e. The molecule has 1 aromatic carbocycles. The third-order valence-electron chi connectivity index (χ3n) is 2.23. The Hall–Kier alpha value is -1.36. The first-order valence-corrected chi connectivity index (χ1v) is 4.85. The van der Waals surface area contributed by atoms with Crippen LogP contribution in [0.5, 0.6) is 11.5 Å². The van der Waals surface area contributed by atoms with Crippen molar-refractivity contribution in [3.63, 3.8) is 0 Å². The van der Waals surface area contributed by atoms with Crippen LogP contribution in [0.3, 0.4) is 0 Å². The summed E-state index contributed by atoms with van der Waals surface area (Å²) in [6, 6.07) is 0.722. The minimum absolute atomic E-state index is 0.0355. The van der Waals surface area contributed by atoms with Crippen LogP contribution in [0.4, 0.5) is 8.78 Å². The smallest absolute Gasteiger partial charge is 0.168 e. The standard InChI is InChI=1S/C11H14F2O3/c1-15-10-7(4-3-5-14)11(16-2)9(13)6-8(10)12/h6,14H,3-5H2,1-2H3. The summed E-state index contributed by atoms with van der Waals surface area (Å²) in [6.07, 6.45) is 0.674. The Bertz CT molecular complexity index is 338. The van der Waals surface area contributed by atoms with Crippen LogP contribution in [0.15, 0.2) is 6.07 Å². The van der Waals surface area contributed by atoms with Crippen molar-refractivity contribution in [2.75, 3.05) is 20.8 Å². The Labute approximate surface area is 92.6 Å². The highest BCUT2D eigenvalue weighted by molar-refractivity contribution is 5.47. The van der Waals surface area contributed by atoms with Crippen molar-refractivity contribution in [3.05, 3.63) is 23.3 Å². The number of aliphatic hydroxyl groups is 1. The number of hydrogen-bond acceptors (Lipinski definition) is 3. The number of benzene rings is 1. The lowest BCUT2D eigenvalue weighted by molar-refractivity contribution is 0.285. The van der Waals surface area contributed by atoms with E-state index in [1.807, 2.05) is 0 Å². The molecular formula is C11H14F2O3. The van der Waals surface area contributed by atoms with Crippen LogP contribution in [0, 0.1) is 11.6 Å². The molecule has 0 unspecified atom stereocenters. The highest BCUT2D eigenvalue weighted by Crippen LogP contribution is 2.34. The summed E-state index contributed by atoms with van der Waals surface area (Å²) in [7, 11) is 2.61. The summed E-state index contributed by atoms with van der Waals surface area (Å²) < 4.78 is 36.5. The van der Waals surface area contributed by atoms with Crippen molar-refractivity contribution in [1.29, 1.82) is 0 Å². The Balaban J connectivity index is 3.25.